The summed E-state index contributed by atoms with van der Waals surface area (Å²) in [7, 11) is 0. The molecule has 1 heterocycles. The Labute approximate surface area is 219 Å². The maximum atomic E-state index is 11.4. The third-order valence-electron chi connectivity index (χ3n) is 6.36. The van der Waals surface area contributed by atoms with Crippen LogP contribution in [0.3, 0.4) is 0 Å². The molecule has 36 heavy (non-hydrogen) atoms. The highest BCUT2D eigenvalue weighted by Gasteiger charge is 2.32. The van der Waals surface area contributed by atoms with E-state index in [9.17, 15) is 14.7 Å². The molecule has 1 aliphatic heterocycles. The zero-order chi connectivity index (χ0) is 25.9. The first-order chi connectivity index (χ1) is 17.1. The van der Waals surface area contributed by atoms with E-state index in [1.165, 1.54) is 17.7 Å². The maximum Gasteiger partial charge on any atom is 0.394 e. The fourth-order valence-electron chi connectivity index (χ4n) is 4.58. The molecule has 1 atom stereocenters. The van der Waals surface area contributed by atoms with Gasteiger partial charge in [0.2, 0.25) is 0 Å². The molecule has 0 aliphatic carbocycles. The molecule has 0 radical (unpaired) electrons. The van der Waals surface area contributed by atoms with Crippen molar-refractivity contribution in [1.82, 2.24) is 4.90 Å². The van der Waals surface area contributed by atoms with Crippen molar-refractivity contribution in [2.75, 3.05) is 18.4 Å². The summed E-state index contributed by atoms with van der Waals surface area (Å²) in [4.78, 5) is 24.5. The average molecular weight is 529 g/mol. The number of benzene rings is 3. The minimum atomic E-state index is -1.63. The number of carboxylic acid groups (broad SMARTS) is 1. The third kappa shape index (κ3) is 5.93. The Hall–Kier alpha value is -3.26. The summed E-state index contributed by atoms with van der Waals surface area (Å²) in [6.07, 6.45) is 2.15. The lowest BCUT2D eigenvalue weighted by Gasteiger charge is -2.41. The molecule has 9 heteroatoms. The second-order valence-corrected chi connectivity index (χ2v) is 9.98. The van der Waals surface area contributed by atoms with E-state index in [2.05, 4.69) is 41.4 Å². The van der Waals surface area contributed by atoms with Crippen LogP contribution in [-0.4, -0.2) is 40.1 Å². The Morgan fingerprint density at radius 1 is 1.08 bits per heavy atom. The van der Waals surface area contributed by atoms with Gasteiger partial charge in [0.1, 0.15) is 11.5 Å². The van der Waals surface area contributed by atoms with E-state index in [1.54, 1.807) is 18.2 Å². The van der Waals surface area contributed by atoms with Crippen molar-refractivity contribution in [3.05, 3.63) is 81.8 Å². The Kier molecular flexibility index (Phi) is 7.73. The van der Waals surface area contributed by atoms with Gasteiger partial charge in [-0.25, -0.2) is 4.79 Å². The molecule has 3 aromatic carbocycles. The molecule has 7 nitrogen and oxygen atoms in total. The van der Waals surface area contributed by atoms with Gasteiger partial charge in [0.05, 0.1) is 10.0 Å². The molecule has 1 fully saturated rings. The number of carbonyl (C=O) groups excluding carboxylic acids is 1. The molecule has 3 aromatic rings. The number of phenolic OH excluding ortho intramolecular Hbond substituents is 1. The van der Waals surface area contributed by atoms with Crippen LogP contribution < -0.4 is 10.1 Å². The van der Waals surface area contributed by atoms with Gasteiger partial charge in [-0.1, -0.05) is 60.5 Å². The summed E-state index contributed by atoms with van der Waals surface area (Å²) >= 11 is 12.6. The van der Waals surface area contributed by atoms with Gasteiger partial charge < -0.3 is 20.3 Å². The Balaban J connectivity index is 1.50. The Bertz CT molecular complexity index is 1260. The monoisotopic (exact) mass is 528 g/mol. The van der Waals surface area contributed by atoms with Gasteiger partial charge in [0.25, 0.3) is 0 Å². The molecular weight excluding hydrogens is 503 g/mol. The maximum absolute atomic E-state index is 11.4. The summed E-state index contributed by atoms with van der Waals surface area (Å²) in [6.45, 7) is 4.62. The number of ether oxygens (including phenoxy) is 1. The molecule has 3 N–H and O–H groups in total. The first-order valence-corrected chi connectivity index (χ1v) is 12.2. The number of aromatic hydroxyl groups is 1. The number of piperidine rings is 1. The van der Waals surface area contributed by atoms with Crippen molar-refractivity contribution in [3.8, 4) is 17.2 Å². The summed E-state index contributed by atoms with van der Waals surface area (Å²) in [6, 6.07) is 18.1. The van der Waals surface area contributed by atoms with Gasteiger partial charge in [-0.3, -0.25) is 9.69 Å². The smallest absolute Gasteiger partial charge is 0.394 e. The number of halogens is 2. The van der Waals surface area contributed by atoms with Crippen LogP contribution in [0.2, 0.25) is 10.0 Å². The topological polar surface area (TPSA) is 99.1 Å². The van der Waals surface area contributed by atoms with Crippen LogP contribution in [0.1, 0.15) is 30.9 Å². The predicted octanol–water partition coefficient (Wildman–Crippen LogP) is 6.07. The van der Waals surface area contributed by atoms with Crippen molar-refractivity contribution in [2.45, 2.75) is 31.7 Å². The van der Waals surface area contributed by atoms with Gasteiger partial charge in [0, 0.05) is 29.8 Å². The summed E-state index contributed by atoms with van der Waals surface area (Å²) in [5.74, 6) is -2.09. The van der Waals surface area contributed by atoms with Crippen LogP contribution >= 0.6 is 23.2 Å². The van der Waals surface area contributed by atoms with Crippen LogP contribution in [0.15, 0.2) is 60.7 Å². The van der Waals surface area contributed by atoms with Crippen LogP contribution in [0.4, 0.5) is 5.69 Å². The number of likely N-dealkylation sites (tertiary alicyclic amines) is 1. The number of rotatable bonds is 6. The number of carboxylic acids is 1. The number of nitrogens with one attached hydrogen (secondary N) is 1. The summed E-state index contributed by atoms with van der Waals surface area (Å²) < 4.78 is 5.92. The van der Waals surface area contributed by atoms with E-state index in [0.717, 1.165) is 25.9 Å². The lowest BCUT2D eigenvalue weighted by atomic mass is 9.76. The van der Waals surface area contributed by atoms with Crippen molar-refractivity contribution in [3.63, 3.8) is 0 Å². The first kappa shape index (κ1) is 25.8. The standard InChI is InChI=1S/C27H26Cl2N2O5/c1-27(18-6-3-2-4-7-18)10-5-11-31(16-27)15-17-12-20(8-9-23(17)32)36-24-21(28)13-19(14-22(24)29)30-25(33)26(34)35/h2-4,6-9,12-14,32H,5,10-11,15-16H2,1H3,(H,30,33)(H,34,35). The zero-order valence-corrected chi connectivity index (χ0v) is 21.1. The molecule has 4 rings (SSSR count). The molecule has 188 valence electrons. The number of hydrogen-bond donors (Lipinski definition) is 3. The third-order valence-corrected chi connectivity index (χ3v) is 6.92. The van der Waals surface area contributed by atoms with Gasteiger partial charge in [0.15, 0.2) is 5.75 Å². The molecule has 1 saturated heterocycles. The zero-order valence-electron chi connectivity index (χ0n) is 19.6. The lowest BCUT2D eigenvalue weighted by Crippen LogP contribution is -2.43. The molecule has 0 aromatic heterocycles. The minimum Gasteiger partial charge on any atom is -0.508 e. The van der Waals surface area contributed by atoms with Crippen molar-refractivity contribution in [2.24, 2.45) is 0 Å². The molecular formula is C27H26Cl2N2O5. The van der Waals surface area contributed by atoms with Crippen molar-refractivity contribution >= 4 is 40.8 Å². The number of hydrogen-bond acceptors (Lipinski definition) is 5. The minimum absolute atomic E-state index is 0.0299. The number of phenols is 1. The lowest BCUT2D eigenvalue weighted by molar-refractivity contribution is -0.147. The second-order valence-electron chi connectivity index (χ2n) is 9.16. The van der Waals surface area contributed by atoms with Gasteiger partial charge >= 0.3 is 11.9 Å². The molecule has 0 spiro atoms. The summed E-state index contributed by atoms with van der Waals surface area (Å²) in [5, 5.41) is 21.7. The normalized spacial score (nSPS) is 18.0. The molecule has 0 bridgehead atoms. The van der Waals surface area contributed by atoms with E-state index in [4.69, 9.17) is 33.0 Å². The number of carbonyl (C=O) groups is 2. The van der Waals surface area contributed by atoms with E-state index in [0.29, 0.717) is 17.9 Å². The van der Waals surface area contributed by atoms with Gasteiger partial charge in [-0.2, -0.15) is 0 Å². The first-order valence-electron chi connectivity index (χ1n) is 11.5. The van der Waals surface area contributed by atoms with Crippen LogP contribution in [0, 0.1) is 0 Å². The number of amides is 1. The fraction of sp³-hybridized carbons (Fsp3) is 0.259. The Morgan fingerprint density at radius 2 is 1.78 bits per heavy atom. The largest absolute Gasteiger partial charge is 0.508 e. The number of anilines is 1. The second kappa shape index (κ2) is 10.8. The fourth-order valence-corrected chi connectivity index (χ4v) is 5.14. The van der Waals surface area contributed by atoms with Gasteiger partial charge in [-0.05, 0) is 55.3 Å². The van der Waals surface area contributed by atoms with Crippen LogP contribution in [-0.2, 0) is 21.5 Å². The quantitative estimate of drug-likeness (QED) is 0.336. The number of nitrogens with zero attached hydrogens (tertiary/aromatic N) is 1. The van der Waals surface area contributed by atoms with Crippen LogP contribution in [0.5, 0.6) is 17.2 Å². The molecule has 0 saturated carbocycles. The van der Waals surface area contributed by atoms with E-state index >= 15 is 0 Å². The highest BCUT2D eigenvalue weighted by Crippen LogP contribution is 2.40. The van der Waals surface area contributed by atoms with E-state index < -0.39 is 11.9 Å². The van der Waals surface area contributed by atoms with Crippen LogP contribution in [0.25, 0.3) is 0 Å². The van der Waals surface area contributed by atoms with E-state index in [-0.39, 0.29) is 32.6 Å². The predicted molar refractivity (Wildman–Crippen MR) is 139 cm³/mol. The van der Waals surface area contributed by atoms with E-state index in [1.807, 2.05) is 6.07 Å². The van der Waals surface area contributed by atoms with Crippen molar-refractivity contribution in [1.29, 1.82) is 0 Å². The van der Waals surface area contributed by atoms with Gasteiger partial charge in [-0.15, -0.1) is 0 Å². The highest BCUT2D eigenvalue weighted by molar-refractivity contribution is 6.39. The molecule has 1 amide bonds. The average Bonchev–Trinajstić information content (AvgIpc) is 2.84. The van der Waals surface area contributed by atoms with Crippen molar-refractivity contribution < 1.29 is 24.5 Å². The molecule has 1 aliphatic rings. The molecule has 1 unspecified atom stereocenters. The summed E-state index contributed by atoms with van der Waals surface area (Å²) in [5.41, 5.74) is 2.18. The number of aliphatic carboxylic acids is 1. The SMILES string of the molecule is CC1(c2ccccc2)CCCN(Cc2cc(Oc3c(Cl)cc(NC(=O)C(=O)O)cc3Cl)ccc2O)C1. The Morgan fingerprint density at radius 3 is 2.44 bits per heavy atom. The highest BCUT2D eigenvalue weighted by atomic mass is 35.5.